The molecule has 2 aliphatic heterocycles. The third kappa shape index (κ3) is 3.50. The fourth-order valence-corrected chi connectivity index (χ4v) is 3.23. The molecule has 7 heteroatoms. The van der Waals surface area contributed by atoms with E-state index in [0.717, 1.165) is 0 Å². The van der Waals surface area contributed by atoms with E-state index in [0.29, 0.717) is 52.4 Å². The minimum atomic E-state index is -3.08. The first-order valence-electron chi connectivity index (χ1n) is 6.25. The van der Waals surface area contributed by atoms with Crippen LogP contribution in [0.25, 0.3) is 0 Å². The molecule has 2 aliphatic rings. The van der Waals surface area contributed by atoms with Crippen LogP contribution in [-0.4, -0.2) is 75.6 Å². The zero-order chi connectivity index (χ0) is 13.2. The second-order valence-corrected chi connectivity index (χ2v) is 6.93. The van der Waals surface area contributed by atoms with Gasteiger partial charge in [-0.2, -0.15) is 4.31 Å². The van der Waals surface area contributed by atoms with Gasteiger partial charge in [-0.1, -0.05) is 0 Å². The highest BCUT2D eigenvalue weighted by Gasteiger charge is 2.28. The number of Topliss-reactive ketones (excluding diaryl/α,β-unsaturated/α-hetero) is 1. The molecule has 6 nitrogen and oxygen atoms in total. The zero-order valence-corrected chi connectivity index (χ0v) is 11.5. The Balaban J connectivity index is 1.81. The van der Waals surface area contributed by atoms with Gasteiger partial charge in [0.2, 0.25) is 10.0 Å². The molecule has 2 saturated heterocycles. The van der Waals surface area contributed by atoms with Gasteiger partial charge >= 0.3 is 0 Å². The quantitative estimate of drug-likeness (QED) is 0.673. The molecule has 2 heterocycles. The summed E-state index contributed by atoms with van der Waals surface area (Å²) in [5.74, 6) is 0.232. The van der Waals surface area contributed by atoms with E-state index in [-0.39, 0.29) is 11.7 Å². The molecule has 1 atom stereocenters. The summed E-state index contributed by atoms with van der Waals surface area (Å²) in [6, 6.07) is 0. The first kappa shape index (κ1) is 13.9. The minimum absolute atomic E-state index is 0.0384. The van der Waals surface area contributed by atoms with Gasteiger partial charge in [-0.3, -0.25) is 9.69 Å². The molecule has 2 fully saturated rings. The number of nitrogens with zero attached hydrogens (tertiary/aromatic N) is 2. The second kappa shape index (κ2) is 5.64. The van der Waals surface area contributed by atoms with Crippen molar-refractivity contribution < 1.29 is 17.9 Å². The molecule has 0 bridgehead atoms. The molecular weight excluding hydrogens is 256 g/mol. The maximum Gasteiger partial charge on any atom is 0.211 e. The van der Waals surface area contributed by atoms with Crippen molar-refractivity contribution in [1.82, 2.24) is 9.21 Å². The van der Waals surface area contributed by atoms with Gasteiger partial charge in [0.05, 0.1) is 25.4 Å². The zero-order valence-electron chi connectivity index (χ0n) is 10.7. The van der Waals surface area contributed by atoms with Gasteiger partial charge in [0.1, 0.15) is 5.78 Å². The molecule has 0 N–H and O–H groups in total. The third-order valence-electron chi connectivity index (χ3n) is 3.55. The SMILES string of the molecule is CS(=O)(=O)N1CCN(CC2COCCC2=O)CC1. The maximum atomic E-state index is 11.7. The summed E-state index contributed by atoms with van der Waals surface area (Å²) in [7, 11) is -3.08. The molecule has 2 rings (SSSR count). The Hall–Kier alpha value is -0.500. The summed E-state index contributed by atoms with van der Waals surface area (Å²) >= 11 is 0. The minimum Gasteiger partial charge on any atom is -0.380 e. The molecule has 1 unspecified atom stereocenters. The number of carbonyl (C=O) groups is 1. The Morgan fingerprint density at radius 2 is 1.94 bits per heavy atom. The van der Waals surface area contributed by atoms with Gasteiger partial charge in [0.15, 0.2) is 0 Å². The van der Waals surface area contributed by atoms with E-state index in [2.05, 4.69) is 4.90 Å². The molecule has 0 saturated carbocycles. The predicted molar refractivity (Wildman–Crippen MR) is 66.8 cm³/mol. The van der Waals surface area contributed by atoms with Crippen LogP contribution in [0.4, 0.5) is 0 Å². The summed E-state index contributed by atoms with van der Waals surface area (Å²) in [5, 5.41) is 0. The molecule has 104 valence electrons. The molecule has 0 aromatic carbocycles. The number of carbonyl (C=O) groups excluding carboxylic acids is 1. The predicted octanol–water partition coefficient (Wildman–Crippen LogP) is -0.831. The highest BCUT2D eigenvalue weighted by Crippen LogP contribution is 2.14. The average Bonchev–Trinajstić information content (AvgIpc) is 2.32. The Labute approximate surface area is 108 Å². The highest BCUT2D eigenvalue weighted by molar-refractivity contribution is 7.88. The van der Waals surface area contributed by atoms with Crippen LogP contribution < -0.4 is 0 Å². The van der Waals surface area contributed by atoms with Crippen molar-refractivity contribution in [1.29, 1.82) is 0 Å². The summed E-state index contributed by atoms with van der Waals surface area (Å²) in [6.07, 6.45) is 1.75. The number of piperazine rings is 1. The fraction of sp³-hybridized carbons (Fsp3) is 0.909. The Morgan fingerprint density at radius 1 is 1.28 bits per heavy atom. The highest BCUT2D eigenvalue weighted by atomic mass is 32.2. The topological polar surface area (TPSA) is 66.9 Å². The molecule has 0 aromatic rings. The van der Waals surface area contributed by atoms with Gasteiger partial charge in [-0.15, -0.1) is 0 Å². The number of hydrogen-bond donors (Lipinski definition) is 0. The molecule has 0 amide bonds. The van der Waals surface area contributed by atoms with Crippen LogP contribution in [0.5, 0.6) is 0 Å². The van der Waals surface area contributed by atoms with Crippen LogP contribution in [0.3, 0.4) is 0 Å². The monoisotopic (exact) mass is 276 g/mol. The first-order valence-corrected chi connectivity index (χ1v) is 8.09. The Kier molecular flexibility index (Phi) is 4.37. The van der Waals surface area contributed by atoms with Crippen molar-refractivity contribution >= 4 is 15.8 Å². The normalized spacial score (nSPS) is 28.5. The van der Waals surface area contributed by atoms with Crippen molar-refractivity contribution in [2.75, 3.05) is 52.2 Å². The summed E-state index contributed by atoms with van der Waals surface area (Å²) in [5.41, 5.74) is 0. The molecule has 18 heavy (non-hydrogen) atoms. The van der Waals surface area contributed by atoms with Crippen molar-refractivity contribution in [3.8, 4) is 0 Å². The van der Waals surface area contributed by atoms with Gasteiger partial charge in [0.25, 0.3) is 0 Å². The van der Waals surface area contributed by atoms with E-state index < -0.39 is 10.0 Å². The van der Waals surface area contributed by atoms with E-state index in [9.17, 15) is 13.2 Å². The lowest BCUT2D eigenvalue weighted by Gasteiger charge is -2.35. The van der Waals surface area contributed by atoms with Crippen molar-refractivity contribution in [2.24, 2.45) is 5.92 Å². The van der Waals surface area contributed by atoms with E-state index in [1.807, 2.05) is 0 Å². The summed E-state index contributed by atoms with van der Waals surface area (Å²) < 4.78 is 29.5. The fourth-order valence-electron chi connectivity index (χ4n) is 2.41. The van der Waals surface area contributed by atoms with Gasteiger partial charge in [-0.25, -0.2) is 8.42 Å². The van der Waals surface area contributed by atoms with Crippen LogP contribution >= 0.6 is 0 Å². The molecule has 0 aliphatic carbocycles. The van der Waals surface area contributed by atoms with Crippen LogP contribution in [0.1, 0.15) is 6.42 Å². The third-order valence-corrected chi connectivity index (χ3v) is 4.85. The van der Waals surface area contributed by atoms with Gasteiger partial charge in [0, 0.05) is 39.1 Å². The Bertz CT molecular complexity index is 401. The van der Waals surface area contributed by atoms with Crippen molar-refractivity contribution in [2.45, 2.75) is 6.42 Å². The lowest BCUT2D eigenvalue weighted by molar-refractivity contribution is -0.131. The number of hydrogen-bond acceptors (Lipinski definition) is 5. The van der Waals surface area contributed by atoms with Crippen LogP contribution in [0.2, 0.25) is 0 Å². The summed E-state index contributed by atoms with van der Waals surface area (Å²) in [6.45, 7) is 4.15. The van der Waals surface area contributed by atoms with Crippen LogP contribution in [0.15, 0.2) is 0 Å². The van der Waals surface area contributed by atoms with Gasteiger partial charge in [-0.05, 0) is 0 Å². The first-order chi connectivity index (χ1) is 8.47. The van der Waals surface area contributed by atoms with Crippen LogP contribution in [-0.2, 0) is 19.6 Å². The van der Waals surface area contributed by atoms with Crippen molar-refractivity contribution in [3.63, 3.8) is 0 Å². The maximum absolute atomic E-state index is 11.7. The lowest BCUT2D eigenvalue weighted by atomic mass is 10.00. The van der Waals surface area contributed by atoms with E-state index in [1.165, 1.54) is 10.6 Å². The smallest absolute Gasteiger partial charge is 0.211 e. The van der Waals surface area contributed by atoms with Crippen molar-refractivity contribution in [3.05, 3.63) is 0 Å². The molecular formula is C11H20N2O4S. The molecule has 0 aromatic heterocycles. The van der Waals surface area contributed by atoms with E-state index in [4.69, 9.17) is 4.74 Å². The Morgan fingerprint density at radius 3 is 2.50 bits per heavy atom. The van der Waals surface area contributed by atoms with E-state index >= 15 is 0 Å². The summed E-state index contributed by atoms with van der Waals surface area (Å²) in [4.78, 5) is 13.8. The van der Waals surface area contributed by atoms with Gasteiger partial charge < -0.3 is 4.74 Å². The number of rotatable bonds is 3. The van der Waals surface area contributed by atoms with Crippen LogP contribution in [0, 0.1) is 5.92 Å². The number of ether oxygens (including phenoxy) is 1. The lowest BCUT2D eigenvalue weighted by Crippen LogP contribution is -2.50. The second-order valence-electron chi connectivity index (χ2n) is 4.95. The number of sulfonamides is 1. The standard InChI is InChI=1S/C11H20N2O4S/c1-18(15,16)13-5-3-12(4-6-13)8-10-9-17-7-2-11(10)14/h10H,2-9H2,1H3. The largest absolute Gasteiger partial charge is 0.380 e. The molecule has 0 radical (unpaired) electrons. The number of ketones is 1. The average molecular weight is 276 g/mol. The van der Waals surface area contributed by atoms with E-state index in [1.54, 1.807) is 0 Å². The molecule has 0 spiro atoms.